The van der Waals surface area contributed by atoms with E-state index in [0.717, 1.165) is 11.3 Å². The van der Waals surface area contributed by atoms with Crippen molar-refractivity contribution in [1.82, 2.24) is 9.97 Å². The van der Waals surface area contributed by atoms with E-state index in [1.807, 2.05) is 6.92 Å². The fraction of sp³-hybridized carbons (Fsp3) is 0.286. The Morgan fingerprint density at radius 2 is 1.86 bits per heavy atom. The van der Waals surface area contributed by atoms with Crippen LogP contribution in [0.1, 0.15) is 11.3 Å². The van der Waals surface area contributed by atoms with Crippen LogP contribution >= 0.6 is 0 Å². The van der Waals surface area contributed by atoms with Crippen LogP contribution in [0.25, 0.3) is 0 Å². The Bertz CT molecular complexity index is 728. The molecule has 0 atom stereocenters. The highest BCUT2D eigenvalue weighted by atomic mass is 32.2. The molecule has 1 aromatic carbocycles. The number of nitrogens with zero attached hydrogens (tertiary/aromatic N) is 2. The lowest BCUT2D eigenvalue weighted by atomic mass is 10.2. The molecule has 21 heavy (non-hydrogen) atoms. The van der Waals surface area contributed by atoms with Crippen LogP contribution in [-0.2, 0) is 16.4 Å². The Hall–Kier alpha value is -2.15. The van der Waals surface area contributed by atoms with Crippen molar-refractivity contribution in [2.45, 2.75) is 18.4 Å². The molecule has 0 spiro atoms. The van der Waals surface area contributed by atoms with E-state index in [1.165, 1.54) is 6.26 Å². The van der Waals surface area contributed by atoms with Crippen LogP contribution in [-0.4, -0.2) is 31.8 Å². The van der Waals surface area contributed by atoms with Crippen molar-refractivity contribution in [3.8, 4) is 5.88 Å². The third kappa shape index (κ3) is 4.16. The van der Waals surface area contributed by atoms with E-state index in [1.54, 1.807) is 37.4 Å². The number of anilines is 1. The number of hydrogen-bond acceptors (Lipinski definition) is 6. The topological polar surface area (TPSA) is 81.2 Å². The summed E-state index contributed by atoms with van der Waals surface area (Å²) in [6.07, 6.45) is 1.19. The summed E-state index contributed by atoms with van der Waals surface area (Å²) in [5, 5.41) is 3.08. The molecule has 112 valence electrons. The van der Waals surface area contributed by atoms with Crippen LogP contribution in [0.15, 0.2) is 35.2 Å². The maximum absolute atomic E-state index is 11.4. The van der Waals surface area contributed by atoms with E-state index < -0.39 is 9.84 Å². The fourth-order valence-electron chi connectivity index (χ4n) is 1.76. The lowest BCUT2D eigenvalue weighted by Crippen LogP contribution is -2.05. The zero-order valence-corrected chi connectivity index (χ0v) is 12.9. The Morgan fingerprint density at radius 3 is 2.43 bits per heavy atom. The summed E-state index contributed by atoms with van der Waals surface area (Å²) < 4.78 is 27.8. The maximum Gasteiger partial charge on any atom is 0.226 e. The van der Waals surface area contributed by atoms with Crippen molar-refractivity contribution in [1.29, 1.82) is 0 Å². The molecule has 2 rings (SSSR count). The predicted octanol–water partition coefficient (Wildman–Crippen LogP) is 1.81. The Balaban J connectivity index is 2.08. The quantitative estimate of drug-likeness (QED) is 0.907. The van der Waals surface area contributed by atoms with Gasteiger partial charge < -0.3 is 10.1 Å². The molecule has 0 aliphatic rings. The fourth-order valence-corrected chi connectivity index (χ4v) is 2.39. The van der Waals surface area contributed by atoms with Gasteiger partial charge in [-0.15, -0.1) is 0 Å². The van der Waals surface area contributed by atoms with E-state index in [0.29, 0.717) is 23.3 Å². The van der Waals surface area contributed by atoms with Crippen molar-refractivity contribution in [3.63, 3.8) is 0 Å². The third-order valence-electron chi connectivity index (χ3n) is 2.84. The second kappa shape index (κ2) is 6.09. The average Bonchev–Trinajstić information content (AvgIpc) is 2.44. The third-order valence-corrected chi connectivity index (χ3v) is 3.97. The van der Waals surface area contributed by atoms with Crippen molar-refractivity contribution < 1.29 is 13.2 Å². The summed E-state index contributed by atoms with van der Waals surface area (Å²) in [5.74, 6) is 0.969. The molecule has 7 heteroatoms. The molecule has 0 amide bonds. The molecule has 0 unspecified atom stereocenters. The minimum Gasteiger partial charge on any atom is -0.481 e. The van der Waals surface area contributed by atoms with E-state index in [9.17, 15) is 8.42 Å². The maximum atomic E-state index is 11.4. The minimum absolute atomic E-state index is 0.305. The summed E-state index contributed by atoms with van der Waals surface area (Å²) in [5.41, 5.74) is 1.74. The Morgan fingerprint density at radius 1 is 1.19 bits per heavy atom. The number of aromatic nitrogens is 2. The van der Waals surface area contributed by atoms with E-state index in [4.69, 9.17) is 4.74 Å². The van der Waals surface area contributed by atoms with E-state index in [2.05, 4.69) is 15.3 Å². The lowest BCUT2D eigenvalue weighted by Gasteiger charge is -2.08. The van der Waals surface area contributed by atoms with Crippen molar-refractivity contribution in [2.75, 3.05) is 18.7 Å². The molecule has 1 heterocycles. The SMILES string of the molecule is COc1cc(C)nc(NCc2ccc(S(C)(=O)=O)cc2)n1. The molecule has 0 aliphatic carbocycles. The molecule has 6 nitrogen and oxygen atoms in total. The van der Waals surface area contributed by atoms with Crippen molar-refractivity contribution in [3.05, 3.63) is 41.6 Å². The van der Waals surface area contributed by atoms with Crippen LogP contribution < -0.4 is 10.1 Å². The predicted molar refractivity (Wildman–Crippen MR) is 80.2 cm³/mol. The van der Waals surface area contributed by atoms with Gasteiger partial charge in [0.1, 0.15) is 0 Å². The monoisotopic (exact) mass is 307 g/mol. The molecule has 0 radical (unpaired) electrons. The van der Waals surface area contributed by atoms with Gasteiger partial charge in [-0.05, 0) is 24.6 Å². The highest BCUT2D eigenvalue weighted by Crippen LogP contribution is 2.14. The number of rotatable bonds is 5. The minimum atomic E-state index is -3.16. The first-order valence-corrected chi connectivity index (χ1v) is 8.20. The average molecular weight is 307 g/mol. The van der Waals surface area contributed by atoms with Crippen LogP contribution in [0.2, 0.25) is 0 Å². The molecule has 0 saturated carbocycles. The van der Waals surface area contributed by atoms with Crippen LogP contribution in [0, 0.1) is 6.92 Å². The standard InChI is InChI=1S/C14H17N3O3S/c1-10-8-13(20-2)17-14(16-10)15-9-11-4-6-12(7-5-11)21(3,18)19/h4-8H,9H2,1-3H3,(H,15,16,17). The first-order chi connectivity index (χ1) is 9.88. The van der Waals surface area contributed by atoms with Crippen LogP contribution in [0.4, 0.5) is 5.95 Å². The molecule has 0 aliphatic heterocycles. The van der Waals surface area contributed by atoms with Gasteiger partial charge in [0, 0.05) is 24.6 Å². The van der Waals surface area contributed by atoms with Gasteiger partial charge in [-0.1, -0.05) is 12.1 Å². The summed E-state index contributed by atoms with van der Waals surface area (Å²) in [6.45, 7) is 2.35. The van der Waals surface area contributed by atoms with Crippen molar-refractivity contribution in [2.24, 2.45) is 0 Å². The molecule has 0 fully saturated rings. The molecular formula is C14H17N3O3S. The molecule has 0 bridgehead atoms. The normalized spacial score (nSPS) is 11.2. The molecule has 0 saturated heterocycles. The van der Waals surface area contributed by atoms with Gasteiger partial charge in [0.2, 0.25) is 11.8 Å². The second-order valence-electron chi connectivity index (χ2n) is 4.64. The largest absolute Gasteiger partial charge is 0.481 e. The Labute approximate surface area is 124 Å². The van der Waals surface area contributed by atoms with Crippen molar-refractivity contribution >= 4 is 15.8 Å². The van der Waals surface area contributed by atoms with Gasteiger partial charge in [-0.25, -0.2) is 13.4 Å². The first-order valence-electron chi connectivity index (χ1n) is 6.31. The molecular weight excluding hydrogens is 290 g/mol. The van der Waals surface area contributed by atoms with Crippen LogP contribution in [0.3, 0.4) is 0 Å². The number of hydrogen-bond donors (Lipinski definition) is 1. The molecule has 2 aromatic rings. The number of sulfone groups is 1. The van der Waals surface area contributed by atoms with Gasteiger partial charge in [-0.2, -0.15) is 4.98 Å². The second-order valence-corrected chi connectivity index (χ2v) is 6.66. The number of nitrogens with one attached hydrogen (secondary N) is 1. The number of benzene rings is 1. The zero-order chi connectivity index (χ0) is 15.5. The molecule has 1 N–H and O–H groups in total. The van der Waals surface area contributed by atoms with Gasteiger partial charge in [0.25, 0.3) is 0 Å². The highest BCUT2D eigenvalue weighted by molar-refractivity contribution is 7.90. The van der Waals surface area contributed by atoms with Crippen LogP contribution in [0.5, 0.6) is 5.88 Å². The summed E-state index contributed by atoms with van der Waals surface area (Å²) in [6, 6.07) is 8.44. The number of methoxy groups -OCH3 is 1. The van der Waals surface area contributed by atoms with Gasteiger partial charge in [0.05, 0.1) is 12.0 Å². The number of ether oxygens (including phenoxy) is 1. The van der Waals surface area contributed by atoms with E-state index in [-0.39, 0.29) is 0 Å². The summed E-state index contributed by atoms with van der Waals surface area (Å²) >= 11 is 0. The zero-order valence-electron chi connectivity index (χ0n) is 12.1. The number of aryl methyl sites for hydroxylation is 1. The summed E-state index contributed by atoms with van der Waals surface area (Å²) in [4.78, 5) is 8.74. The van der Waals surface area contributed by atoms with E-state index >= 15 is 0 Å². The lowest BCUT2D eigenvalue weighted by molar-refractivity contribution is 0.397. The first kappa shape index (κ1) is 15.2. The Kier molecular flexibility index (Phi) is 4.42. The smallest absolute Gasteiger partial charge is 0.226 e. The van der Waals surface area contributed by atoms with Gasteiger partial charge in [-0.3, -0.25) is 0 Å². The summed E-state index contributed by atoms with van der Waals surface area (Å²) in [7, 11) is -1.61. The van der Waals surface area contributed by atoms with Gasteiger partial charge >= 0.3 is 0 Å². The molecule has 1 aromatic heterocycles. The highest BCUT2D eigenvalue weighted by Gasteiger charge is 2.06. The van der Waals surface area contributed by atoms with Gasteiger partial charge in [0.15, 0.2) is 9.84 Å².